The second-order valence-corrected chi connectivity index (χ2v) is 19.3. The van der Waals surface area contributed by atoms with E-state index in [1.54, 1.807) is 23.2 Å². The van der Waals surface area contributed by atoms with Crippen molar-refractivity contribution >= 4 is 46.2 Å². The number of halogens is 1. The lowest BCUT2D eigenvalue weighted by Crippen LogP contribution is -2.61. The molecule has 1 amide bonds. The number of ether oxygens (including phenoxy) is 4. The van der Waals surface area contributed by atoms with Gasteiger partial charge in [-0.25, -0.2) is 9.18 Å². The average Bonchev–Trinajstić information content (AvgIpc) is 3.94. The standard InChI is InChI=1S/C47H56FN3O12/c1-45-15-12-29(52)19-27(45)6-9-30-32-13-16-47(59,46(32,2)21-36(54)40(30)45)37(55)24-61-38(56)10-11-39(57)62-25-63-44(58)51-17-4-5-26-22-49(23-34(26)51)42-33(48)20-31-35(53)14-18-50(28-7-8-28)41(31)43(42)60-3/h12,14-15,18-20,26,28,30,32,34,36,40,54,59H,4-11,13,16-17,21-25H2,1-3H3/t26?,30-,32-,34?,36-,40+,45-,46-,47-/m1/s1. The molecule has 7 aliphatic rings. The Labute approximate surface area is 364 Å². The summed E-state index contributed by atoms with van der Waals surface area (Å²) in [5, 5.41) is 23.8. The molecule has 1 aromatic carbocycles. The number of anilines is 1. The number of esters is 2. The minimum atomic E-state index is -1.83. The first-order valence-electron chi connectivity index (χ1n) is 22.4. The molecule has 1 aromatic heterocycles. The van der Waals surface area contributed by atoms with E-state index in [1.807, 2.05) is 22.5 Å². The van der Waals surface area contributed by atoms with Gasteiger partial charge in [-0.05, 0) is 93.8 Å². The molecule has 0 radical (unpaired) electrons. The highest BCUT2D eigenvalue weighted by atomic mass is 19.1. The minimum Gasteiger partial charge on any atom is -0.492 e. The van der Waals surface area contributed by atoms with E-state index in [9.17, 15) is 39.0 Å². The fraction of sp³-hybridized carbons (Fsp3) is 0.617. The Kier molecular flexibility index (Phi) is 11.1. The Morgan fingerprint density at radius 3 is 2.49 bits per heavy atom. The highest BCUT2D eigenvalue weighted by Crippen LogP contribution is 2.67. The molecule has 2 aromatic rings. The highest BCUT2D eigenvalue weighted by Gasteiger charge is 2.68. The van der Waals surface area contributed by atoms with Crippen LogP contribution in [-0.4, -0.2) is 107 Å². The van der Waals surface area contributed by atoms with Crippen molar-refractivity contribution in [3.63, 3.8) is 0 Å². The number of carbonyl (C=O) groups excluding carboxylic acids is 5. The van der Waals surface area contributed by atoms with E-state index in [2.05, 4.69) is 6.92 Å². The van der Waals surface area contributed by atoms with Crippen molar-refractivity contribution in [1.82, 2.24) is 9.47 Å². The SMILES string of the molecule is COc1c(N2CC3CCCN(C(=O)OCOC(=O)CCC(=O)OCC(=O)[C@]4(O)CC[C@@H]5[C@H]6CCC7=CC(=O)C=C[C@@]7(C)[C@@H]6[C@H](O)C[C@]54C)C3C2)c(F)cc2c(=O)ccn(C3CC3)c12. The summed E-state index contributed by atoms with van der Waals surface area (Å²) < 4.78 is 39.4. The number of carbonyl (C=O) groups is 5. The molecule has 6 fully saturated rings. The Bertz CT molecular complexity index is 2380. The number of benzene rings is 1. The molecule has 2 saturated heterocycles. The van der Waals surface area contributed by atoms with Gasteiger partial charge in [-0.15, -0.1) is 0 Å². The van der Waals surface area contributed by atoms with Crippen molar-refractivity contribution < 1.29 is 57.5 Å². The van der Waals surface area contributed by atoms with Crippen LogP contribution < -0.4 is 15.1 Å². The molecule has 2 aliphatic heterocycles. The molecular weight excluding hydrogens is 818 g/mol. The van der Waals surface area contributed by atoms with Crippen LogP contribution in [0.5, 0.6) is 5.75 Å². The molecule has 9 atom stereocenters. The summed E-state index contributed by atoms with van der Waals surface area (Å²) in [5.74, 6) is -2.89. The van der Waals surface area contributed by atoms with Crippen LogP contribution in [0.1, 0.15) is 90.5 Å². The summed E-state index contributed by atoms with van der Waals surface area (Å²) in [5.41, 5.74) is -1.76. The number of nitrogens with zero attached hydrogens (tertiary/aromatic N) is 3. The first-order chi connectivity index (χ1) is 30.1. The minimum absolute atomic E-state index is 0.00263. The Hall–Kier alpha value is -5.09. The van der Waals surface area contributed by atoms with E-state index in [-0.39, 0.29) is 76.6 Å². The summed E-state index contributed by atoms with van der Waals surface area (Å²) in [6, 6.07) is 2.61. The normalized spacial score (nSPS) is 33.2. The fourth-order valence-electron chi connectivity index (χ4n) is 12.7. The third kappa shape index (κ3) is 7.24. The maximum absolute atomic E-state index is 15.9. The number of hydrogen-bond acceptors (Lipinski definition) is 13. The van der Waals surface area contributed by atoms with Crippen LogP contribution in [0.4, 0.5) is 14.9 Å². The van der Waals surface area contributed by atoms with Gasteiger partial charge in [0.25, 0.3) is 0 Å². The molecule has 2 N–H and O–H groups in total. The number of piperidine rings is 1. The van der Waals surface area contributed by atoms with Crippen LogP contribution in [0.15, 0.2) is 46.9 Å². The summed E-state index contributed by atoms with van der Waals surface area (Å²) in [6.45, 7) is 3.64. The molecule has 0 bridgehead atoms. The second kappa shape index (κ2) is 16.2. The molecule has 3 heterocycles. The maximum Gasteiger partial charge on any atom is 0.412 e. The number of allylic oxidation sites excluding steroid dienone is 4. The van der Waals surface area contributed by atoms with Gasteiger partial charge in [-0.2, -0.15) is 0 Å². The zero-order valence-electron chi connectivity index (χ0n) is 36.0. The Morgan fingerprint density at radius 1 is 0.984 bits per heavy atom. The largest absolute Gasteiger partial charge is 0.492 e. The molecule has 63 heavy (non-hydrogen) atoms. The van der Waals surface area contributed by atoms with Gasteiger partial charge in [0.05, 0.1) is 43.0 Å². The maximum atomic E-state index is 15.9. The van der Waals surface area contributed by atoms with Gasteiger partial charge < -0.3 is 43.5 Å². The number of amides is 1. The molecule has 5 aliphatic carbocycles. The van der Waals surface area contributed by atoms with Crippen molar-refractivity contribution in [2.75, 3.05) is 45.0 Å². The Balaban J connectivity index is 0.749. The number of aliphatic hydroxyl groups excluding tert-OH is 1. The lowest BCUT2D eigenvalue weighted by molar-refractivity contribution is -0.181. The van der Waals surface area contributed by atoms with E-state index in [4.69, 9.17) is 18.9 Å². The first-order valence-corrected chi connectivity index (χ1v) is 22.4. The topological polar surface area (TPSA) is 191 Å². The molecule has 0 spiro atoms. The molecular formula is C47H56FN3O12. The fourth-order valence-corrected chi connectivity index (χ4v) is 12.7. The third-order valence-electron chi connectivity index (χ3n) is 16.0. The molecule has 2 unspecified atom stereocenters. The zero-order valence-corrected chi connectivity index (χ0v) is 36.0. The molecule has 9 rings (SSSR count). The van der Waals surface area contributed by atoms with E-state index < -0.39 is 78.4 Å². The predicted molar refractivity (Wildman–Crippen MR) is 224 cm³/mol. The van der Waals surface area contributed by atoms with Crippen LogP contribution in [0.2, 0.25) is 0 Å². The van der Waals surface area contributed by atoms with Gasteiger partial charge in [-0.1, -0.05) is 25.5 Å². The van der Waals surface area contributed by atoms with Crippen molar-refractivity contribution in [1.29, 1.82) is 0 Å². The van der Waals surface area contributed by atoms with E-state index >= 15 is 4.39 Å². The van der Waals surface area contributed by atoms with Crippen molar-refractivity contribution in [3.8, 4) is 5.75 Å². The third-order valence-corrected chi connectivity index (χ3v) is 16.0. The van der Waals surface area contributed by atoms with Crippen LogP contribution in [0.3, 0.4) is 0 Å². The van der Waals surface area contributed by atoms with Gasteiger partial charge in [0.1, 0.15) is 11.3 Å². The van der Waals surface area contributed by atoms with Gasteiger partial charge in [0.2, 0.25) is 12.6 Å². The average molecular weight is 874 g/mol. The molecule has 338 valence electrons. The quantitative estimate of drug-likeness (QED) is 0.229. The van der Waals surface area contributed by atoms with Gasteiger partial charge >= 0.3 is 18.0 Å². The van der Waals surface area contributed by atoms with E-state index in [0.29, 0.717) is 44.4 Å². The number of Topliss-reactive ketones (excluding diaryl/α,β-unsaturated/α-hetero) is 1. The number of hydrogen-bond donors (Lipinski definition) is 2. The summed E-state index contributed by atoms with van der Waals surface area (Å²) >= 11 is 0. The van der Waals surface area contributed by atoms with Crippen LogP contribution in [0, 0.1) is 40.3 Å². The monoisotopic (exact) mass is 873 g/mol. The van der Waals surface area contributed by atoms with Gasteiger partial charge in [0.15, 0.2) is 29.4 Å². The van der Waals surface area contributed by atoms with Gasteiger partial charge in [-0.3, -0.25) is 24.0 Å². The van der Waals surface area contributed by atoms with E-state index in [0.717, 1.165) is 31.3 Å². The number of aromatic nitrogens is 1. The number of methoxy groups -OCH3 is 1. The van der Waals surface area contributed by atoms with Crippen LogP contribution >= 0.6 is 0 Å². The number of pyridine rings is 1. The number of fused-ring (bicyclic) bond motifs is 7. The zero-order chi connectivity index (χ0) is 44.6. The van der Waals surface area contributed by atoms with Gasteiger partial charge in [0, 0.05) is 54.7 Å². The molecule has 4 saturated carbocycles. The van der Waals surface area contributed by atoms with Crippen molar-refractivity contribution in [2.24, 2.45) is 34.5 Å². The molecule has 15 nitrogen and oxygen atoms in total. The number of rotatable bonds is 11. The highest BCUT2D eigenvalue weighted by molar-refractivity contribution is 6.01. The van der Waals surface area contributed by atoms with Crippen LogP contribution in [-0.2, 0) is 33.4 Å². The summed E-state index contributed by atoms with van der Waals surface area (Å²) in [6.07, 6.45) is 10.3. The molecule has 16 heteroatoms. The number of aliphatic hydroxyl groups is 2. The number of likely N-dealkylation sites (tertiary alicyclic amines) is 1. The lowest BCUT2D eigenvalue weighted by Gasteiger charge is -2.59. The summed E-state index contributed by atoms with van der Waals surface area (Å²) in [4.78, 5) is 80.6. The Morgan fingerprint density at radius 2 is 1.75 bits per heavy atom. The first kappa shape index (κ1) is 43.2. The smallest absolute Gasteiger partial charge is 0.412 e. The summed E-state index contributed by atoms with van der Waals surface area (Å²) in [7, 11) is 1.46. The van der Waals surface area contributed by atoms with Crippen molar-refractivity contribution in [3.05, 3.63) is 58.2 Å². The van der Waals surface area contributed by atoms with Crippen molar-refractivity contribution in [2.45, 2.75) is 108 Å². The second-order valence-electron chi connectivity index (χ2n) is 19.3. The van der Waals surface area contributed by atoms with E-state index in [1.165, 1.54) is 19.2 Å². The predicted octanol–water partition coefficient (Wildman–Crippen LogP) is 4.92. The van der Waals surface area contributed by atoms with Crippen LogP contribution in [0.25, 0.3) is 10.9 Å². The lowest BCUT2D eigenvalue weighted by atomic mass is 9.46. The number of ketones is 2.